The Morgan fingerprint density at radius 1 is 1.44 bits per heavy atom. The van der Waals surface area contributed by atoms with Crippen LogP contribution in [0.3, 0.4) is 0 Å². The Bertz CT molecular complexity index is 469. The molecule has 1 aromatic rings. The minimum atomic E-state index is 0.00528. The van der Waals surface area contributed by atoms with E-state index in [-0.39, 0.29) is 12.5 Å². The van der Waals surface area contributed by atoms with Gasteiger partial charge >= 0.3 is 0 Å². The first-order chi connectivity index (χ1) is 8.66. The third kappa shape index (κ3) is 3.03. The van der Waals surface area contributed by atoms with Crippen molar-refractivity contribution in [3.63, 3.8) is 0 Å². The first-order valence-corrected chi connectivity index (χ1v) is 6.07. The summed E-state index contributed by atoms with van der Waals surface area (Å²) in [5, 5.41) is 0. The van der Waals surface area contributed by atoms with Crippen molar-refractivity contribution >= 4 is 11.6 Å². The first kappa shape index (κ1) is 12.5. The van der Waals surface area contributed by atoms with Crippen LogP contribution in [-0.4, -0.2) is 30.5 Å². The van der Waals surface area contributed by atoms with Crippen molar-refractivity contribution in [2.75, 3.05) is 25.4 Å². The summed E-state index contributed by atoms with van der Waals surface area (Å²) in [5.41, 5.74) is 7.53. The molecule has 4 nitrogen and oxygen atoms in total. The lowest BCUT2D eigenvalue weighted by molar-refractivity contribution is -0.133. The Labute approximate surface area is 107 Å². The van der Waals surface area contributed by atoms with E-state index in [1.165, 1.54) is 5.57 Å². The number of rotatable bonds is 3. The van der Waals surface area contributed by atoms with Crippen LogP contribution in [0.15, 0.2) is 35.9 Å². The number of anilines is 1. The van der Waals surface area contributed by atoms with Gasteiger partial charge in [-0.05, 0) is 25.5 Å². The van der Waals surface area contributed by atoms with Crippen LogP contribution in [0.4, 0.5) is 5.69 Å². The van der Waals surface area contributed by atoms with Gasteiger partial charge < -0.3 is 15.4 Å². The monoisotopic (exact) mass is 246 g/mol. The standard InChI is InChI=1S/C14H18N2O2/c1-11-5-4-8-16(9-11)14(17)10-18-13-7-3-2-6-12(13)15/h2-3,5-7H,4,8-10,15H2,1H3. The number of para-hydroxylation sites is 2. The third-order valence-electron chi connectivity index (χ3n) is 2.95. The minimum Gasteiger partial charge on any atom is -0.482 e. The van der Waals surface area contributed by atoms with Crippen LogP contribution < -0.4 is 10.5 Å². The Morgan fingerprint density at radius 2 is 2.22 bits per heavy atom. The molecule has 4 heteroatoms. The predicted molar refractivity (Wildman–Crippen MR) is 71.3 cm³/mol. The van der Waals surface area contributed by atoms with E-state index in [9.17, 15) is 4.79 Å². The Balaban J connectivity index is 1.89. The largest absolute Gasteiger partial charge is 0.482 e. The van der Waals surface area contributed by atoms with Crippen molar-refractivity contribution in [1.82, 2.24) is 4.90 Å². The zero-order valence-electron chi connectivity index (χ0n) is 10.6. The van der Waals surface area contributed by atoms with Gasteiger partial charge in [0.1, 0.15) is 5.75 Å². The summed E-state index contributed by atoms with van der Waals surface area (Å²) in [5.74, 6) is 0.570. The number of nitrogens with zero attached hydrogens (tertiary/aromatic N) is 1. The van der Waals surface area contributed by atoms with Crippen molar-refractivity contribution in [2.45, 2.75) is 13.3 Å². The fourth-order valence-electron chi connectivity index (χ4n) is 1.97. The van der Waals surface area contributed by atoms with E-state index in [2.05, 4.69) is 6.08 Å². The molecule has 1 amide bonds. The number of nitrogens with two attached hydrogens (primary N) is 1. The van der Waals surface area contributed by atoms with Gasteiger partial charge in [-0.2, -0.15) is 0 Å². The van der Waals surface area contributed by atoms with Crippen molar-refractivity contribution in [3.05, 3.63) is 35.9 Å². The second-order valence-corrected chi connectivity index (χ2v) is 4.48. The molecule has 2 rings (SSSR count). The van der Waals surface area contributed by atoms with E-state index < -0.39 is 0 Å². The summed E-state index contributed by atoms with van der Waals surface area (Å²) in [6, 6.07) is 7.20. The number of nitrogen functional groups attached to an aromatic ring is 1. The van der Waals surface area contributed by atoms with Crippen LogP contribution >= 0.6 is 0 Å². The molecule has 1 aromatic carbocycles. The zero-order chi connectivity index (χ0) is 13.0. The molecule has 0 unspecified atom stereocenters. The summed E-state index contributed by atoms with van der Waals surface area (Å²) in [4.78, 5) is 13.8. The lowest BCUT2D eigenvalue weighted by atomic mass is 10.1. The Hall–Kier alpha value is -1.97. The summed E-state index contributed by atoms with van der Waals surface area (Å²) in [7, 11) is 0. The highest BCUT2D eigenvalue weighted by atomic mass is 16.5. The summed E-state index contributed by atoms with van der Waals surface area (Å²) < 4.78 is 5.45. The highest BCUT2D eigenvalue weighted by Gasteiger charge is 2.17. The molecule has 0 radical (unpaired) electrons. The smallest absolute Gasteiger partial charge is 0.260 e. The van der Waals surface area contributed by atoms with Crippen LogP contribution in [0.25, 0.3) is 0 Å². The minimum absolute atomic E-state index is 0.00528. The number of amides is 1. The molecule has 0 bridgehead atoms. The van der Waals surface area contributed by atoms with Gasteiger partial charge in [0.2, 0.25) is 0 Å². The maximum absolute atomic E-state index is 12.0. The van der Waals surface area contributed by atoms with Crippen LogP contribution in [0.2, 0.25) is 0 Å². The summed E-state index contributed by atoms with van der Waals surface area (Å²) in [6.07, 6.45) is 3.09. The molecule has 1 aliphatic heterocycles. The molecule has 0 atom stereocenters. The maximum atomic E-state index is 12.0. The number of carbonyl (C=O) groups excluding carboxylic acids is 1. The van der Waals surface area contributed by atoms with E-state index in [1.54, 1.807) is 12.1 Å². The van der Waals surface area contributed by atoms with E-state index in [4.69, 9.17) is 10.5 Å². The Morgan fingerprint density at radius 3 is 2.94 bits per heavy atom. The molecule has 0 saturated heterocycles. The van der Waals surface area contributed by atoms with Crippen molar-refractivity contribution in [1.29, 1.82) is 0 Å². The SMILES string of the molecule is CC1=CCCN(C(=O)COc2ccccc2N)C1. The van der Waals surface area contributed by atoms with Crippen molar-refractivity contribution in [3.8, 4) is 5.75 Å². The van der Waals surface area contributed by atoms with E-state index >= 15 is 0 Å². The van der Waals surface area contributed by atoms with Gasteiger partial charge in [-0.25, -0.2) is 0 Å². The molecule has 96 valence electrons. The number of hydrogen-bond donors (Lipinski definition) is 1. The molecular formula is C14H18N2O2. The lowest BCUT2D eigenvalue weighted by Gasteiger charge is -2.26. The molecule has 0 aromatic heterocycles. The molecule has 1 aliphatic rings. The second kappa shape index (κ2) is 5.58. The topological polar surface area (TPSA) is 55.6 Å². The molecule has 0 fully saturated rings. The van der Waals surface area contributed by atoms with E-state index in [0.29, 0.717) is 18.0 Å². The number of carbonyl (C=O) groups is 1. The summed E-state index contributed by atoms with van der Waals surface area (Å²) in [6.45, 7) is 3.55. The fraction of sp³-hybridized carbons (Fsp3) is 0.357. The van der Waals surface area contributed by atoms with Gasteiger partial charge in [-0.1, -0.05) is 23.8 Å². The van der Waals surface area contributed by atoms with Crippen LogP contribution in [0, 0.1) is 0 Å². The maximum Gasteiger partial charge on any atom is 0.260 e. The molecule has 0 saturated carbocycles. The van der Waals surface area contributed by atoms with Crippen LogP contribution in [0.1, 0.15) is 13.3 Å². The molecule has 1 heterocycles. The average molecular weight is 246 g/mol. The second-order valence-electron chi connectivity index (χ2n) is 4.48. The summed E-state index contributed by atoms with van der Waals surface area (Å²) >= 11 is 0. The number of ether oxygens (including phenoxy) is 1. The van der Waals surface area contributed by atoms with Gasteiger partial charge in [-0.3, -0.25) is 4.79 Å². The van der Waals surface area contributed by atoms with Gasteiger partial charge in [0.25, 0.3) is 5.91 Å². The molecule has 0 aliphatic carbocycles. The molecule has 0 spiro atoms. The zero-order valence-corrected chi connectivity index (χ0v) is 10.6. The van der Waals surface area contributed by atoms with Crippen LogP contribution in [-0.2, 0) is 4.79 Å². The first-order valence-electron chi connectivity index (χ1n) is 6.07. The van der Waals surface area contributed by atoms with Crippen molar-refractivity contribution in [2.24, 2.45) is 0 Å². The predicted octanol–water partition coefficient (Wildman–Crippen LogP) is 1.83. The van der Waals surface area contributed by atoms with E-state index in [1.807, 2.05) is 24.0 Å². The molecule has 18 heavy (non-hydrogen) atoms. The third-order valence-corrected chi connectivity index (χ3v) is 2.95. The highest BCUT2D eigenvalue weighted by molar-refractivity contribution is 5.78. The van der Waals surface area contributed by atoms with Gasteiger partial charge in [0.15, 0.2) is 6.61 Å². The number of benzene rings is 1. The highest BCUT2D eigenvalue weighted by Crippen LogP contribution is 2.19. The van der Waals surface area contributed by atoms with Crippen molar-refractivity contribution < 1.29 is 9.53 Å². The molecule has 2 N–H and O–H groups in total. The van der Waals surface area contributed by atoms with E-state index in [0.717, 1.165) is 13.0 Å². The number of hydrogen-bond acceptors (Lipinski definition) is 3. The average Bonchev–Trinajstić information content (AvgIpc) is 2.37. The lowest BCUT2D eigenvalue weighted by Crippen LogP contribution is -2.38. The van der Waals surface area contributed by atoms with Crippen LogP contribution in [0.5, 0.6) is 5.75 Å². The Kier molecular flexibility index (Phi) is 3.87. The molecular weight excluding hydrogens is 228 g/mol. The quantitative estimate of drug-likeness (QED) is 0.654. The van der Waals surface area contributed by atoms with Gasteiger partial charge in [-0.15, -0.1) is 0 Å². The normalized spacial score (nSPS) is 15.2. The van der Waals surface area contributed by atoms with Gasteiger partial charge in [0.05, 0.1) is 5.69 Å². The fourth-order valence-corrected chi connectivity index (χ4v) is 1.97. The van der Waals surface area contributed by atoms with Gasteiger partial charge in [0, 0.05) is 13.1 Å².